The predicted octanol–water partition coefficient (Wildman–Crippen LogP) is 16.4. The van der Waals surface area contributed by atoms with Gasteiger partial charge < -0.3 is 5.32 Å². The highest BCUT2D eigenvalue weighted by Gasteiger charge is 2.49. The molecule has 77 heavy (non-hydrogen) atoms. The van der Waals surface area contributed by atoms with E-state index in [-0.39, 0.29) is 5.84 Å². The molecule has 2 N–H and O–H groups in total. The van der Waals surface area contributed by atoms with Gasteiger partial charge in [-0.05, 0) is 109 Å². The Morgan fingerprint density at radius 2 is 0.987 bits per heavy atom. The zero-order chi connectivity index (χ0) is 51.3. The number of aromatic nitrogens is 1. The van der Waals surface area contributed by atoms with Crippen molar-refractivity contribution >= 4 is 46.4 Å². The summed E-state index contributed by atoms with van der Waals surface area (Å²) in [5.74, 6) is 0.482. The summed E-state index contributed by atoms with van der Waals surface area (Å²) in [6, 6.07) is 95.1. The molecule has 3 aliphatic carbocycles. The fourth-order valence-electron chi connectivity index (χ4n) is 12.9. The average molecular weight is 986 g/mol. The van der Waals surface area contributed by atoms with Gasteiger partial charge in [0.1, 0.15) is 0 Å². The molecule has 364 valence electrons. The molecule has 0 unspecified atom stereocenters. The van der Waals surface area contributed by atoms with Crippen LogP contribution in [0.4, 0.5) is 5.69 Å². The van der Waals surface area contributed by atoms with E-state index in [0.29, 0.717) is 17.9 Å². The van der Waals surface area contributed by atoms with E-state index in [4.69, 9.17) is 9.98 Å². The Kier molecular flexibility index (Phi) is 11.1. The Bertz CT molecular complexity index is 4130. The topological polar surface area (TPSA) is 65.5 Å². The van der Waals surface area contributed by atoms with Crippen LogP contribution in [0.5, 0.6) is 0 Å². The van der Waals surface area contributed by atoms with Crippen LogP contribution in [-0.4, -0.2) is 22.7 Å². The Balaban J connectivity index is 0.919. The largest absolute Gasteiger partial charge is 0.346 e. The van der Waals surface area contributed by atoms with Crippen LogP contribution in [0.1, 0.15) is 61.3 Å². The molecule has 14 rings (SSSR count). The van der Waals surface area contributed by atoms with E-state index in [0.717, 1.165) is 33.4 Å². The third-order valence-corrected chi connectivity index (χ3v) is 16.1. The van der Waals surface area contributed by atoms with Crippen LogP contribution in [0.15, 0.2) is 289 Å². The van der Waals surface area contributed by atoms with Gasteiger partial charge in [0.2, 0.25) is 5.96 Å². The standard InChI is InChI=1S/C72H51N5/c73-69(49-24-6-1-7-25-49)76-70(75-48-74-66-40-22-18-34-55(66)50-42-45-64-61(46-50)57-36-17-21-39-63(57)71(64,51-26-8-2-9-27-51)52-28-10-3-11-29-52)77-67-41-23-19-37-59(67)60-44-43-58-56-35-16-20-38-62(56)72(65(58)47-68(60)77,53-30-12-4-13-31-53)54-32-14-5-15-33-54/h1-43,45-48H,44H2,(H2,73,74,75,76). The zero-order valence-electron chi connectivity index (χ0n) is 42.2. The predicted molar refractivity (Wildman–Crippen MR) is 318 cm³/mol. The number of fused-ring (bicyclic) bond motifs is 9. The SMILES string of the molecule is N=C(N=C(/N=C/Nc1ccccc1-c1ccc2c(c1)-c1ccccc1C2(c1ccccc1)c1ccccc1)n1c2c(c3ccccc31)CC=C1C(=C2)C(c2ccccc2)(c2ccccc2)c2ccccc21)c1ccccc1. The van der Waals surface area contributed by atoms with E-state index in [2.05, 4.69) is 259 Å². The molecule has 5 nitrogen and oxygen atoms in total. The summed E-state index contributed by atoms with van der Waals surface area (Å²) in [5.41, 5.74) is 20.5. The molecule has 10 aromatic carbocycles. The number of hydrogen-bond donors (Lipinski definition) is 2. The van der Waals surface area contributed by atoms with Crippen LogP contribution in [0.25, 0.3) is 44.8 Å². The quantitative estimate of drug-likeness (QED) is 0.116. The van der Waals surface area contributed by atoms with Gasteiger partial charge in [-0.3, -0.25) is 9.98 Å². The Morgan fingerprint density at radius 1 is 0.481 bits per heavy atom. The number of para-hydroxylation sites is 2. The van der Waals surface area contributed by atoms with Crippen LogP contribution >= 0.6 is 0 Å². The monoisotopic (exact) mass is 985 g/mol. The lowest BCUT2D eigenvalue weighted by molar-refractivity contribution is 0.768. The smallest absolute Gasteiger partial charge is 0.238 e. The maximum absolute atomic E-state index is 9.52. The molecule has 0 radical (unpaired) electrons. The second kappa shape index (κ2) is 18.8. The van der Waals surface area contributed by atoms with Gasteiger partial charge in [0, 0.05) is 22.2 Å². The molecule has 0 fully saturated rings. The minimum Gasteiger partial charge on any atom is -0.346 e. The van der Waals surface area contributed by atoms with E-state index in [1.807, 2.05) is 30.3 Å². The molecule has 0 saturated carbocycles. The van der Waals surface area contributed by atoms with Gasteiger partial charge in [0.25, 0.3) is 0 Å². The second-order valence-corrected chi connectivity index (χ2v) is 20.0. The summed E-state index contributed by atoms with van der Waals surface area (Å²) in [6.07, 6.45) is 7.25. The highest BCUT2D eigenvalue weighted by Crippen LogP contribution is 2.59. The normalized spacial score (nSPS) is 14.6. The molecule has 11 aromatic rings. The van der Waals surface area contributed by atoms with E-state index >= 15 is 0 Å². The fourth-order valence-corrected chi connectivity index (χ4v) is 12.9. The van der Waals surface area contributed by atoms with Crippen molar-refractivity contribution in [3.63, 3.8) is 0 Å². The first-order chi connectivity index (χ1) is 38.1. The number of nitrogens with one attached hydrogen (secondary N) is 2. The van der Waals surface area contributed by atoms with Crippen molar-refractivity contribution in [3.8, 4) is 22.3 Å². The molecular formula is C72H51N5. The van der Waals surface area contributed by atoms with Gasteiger partial charge in [-0.15, -0.1) is 0 Å². The Labute approximate surface area is 448 Å². The van der Waals surface area contributed by atoms with Crippen molar-refractivity contribution in [1.82, 2.24) is 4.57 Å². The summed E-state index contributed by atoms with van der Waals surface area (Å²) in [7, 11) is 0. The zero-order valence-corrected chi connectivity index (χ0v) is 42.2. The summed E-state index contributed by atoms with van der Waals surface area (Å²) in [5, 5.41) is 14.3. The third kappa shape index (κ3) is 7.19. The van der Waals surface area contributed by atoms with Crippen molar-refractivity contribution in [2.45, 2.75) is 17.3 Å². The van der Waals surface area contributed by atoms with Crippen LogP contribution in [0, 0.1) is 5.41 Å². The average Bonchev–Trinajstić information content (AvgIpc) is 4.26. The molecule has 0 amide bonds. The van der Waals surface area contributed by atoms with E-state index in [1.54, 1.807) is 6.34 Å². The highest BCUT2D eigenvalue weighted by molar-refractivity contribution is 6.11. The van der Waals surface area contributed by atoms with Crippen LogP contribution < -0.4 is 5.32 Å². The number of benzene rings is 10. The van der Waals surface area contributed by atoms with Gasteiger partial charge in [0.05, 0.1) is 28.4 Å². The van der Waals surface area contributed by atoms with Crippen molar-refractivity contribution in [2.24, 2.45) is 9.98 Å². The van der Waals surface area contributed by atoms with Crippen molar-refractivity contribution in [2.75, 3.05) is 5.32 Å². The third-order valence-electron chi connectivity index (χ3n) is 16.1. The van der Waals surface area contributed by atoms with Gasteiger partial charge in [-0.25, -0.2) is 4.99 Å². The number of allylic oxidation sites excluding steroid dienone is 3. The Morgan fingerprint density at radius 3 is 1.64 bits per heavy atom. The van der Waals surface area contributed by atoms with Crippen molar-refractivity contribution in [3.05, 3.63) is 340 Å². The van der Waals surface area contributed by atoms with Gasteiger partial charge in [0.15, 0.2) is 5.84 Å². The van der Waals surface area contributed by atoms with Gasteiger partial charge in [-0.1, -0.05) is 255 Å². The first kappa shape index (κ1) is 45.6. The van der Waals surface area contributed by atoms with E-state index in [9.17, 15) is 5.41 Å². The molecule has 0 spiro atoms. The molecule has 0 atom stereocenters. The second-order valence-electron chi connectivity index (χ2n) is 20.0. The lowest BCUT2D eigenvalue weighted by Gasteiger charge is -2.34. The Hall–Kier alpha value is -9.97. The molecule has 0 saturated heterocycles. The minimum atomic E-state index is -0.624. The van der Waals surface area contributed by atoms with E-state index < -0.39 is 10.8 Å². The number of hydrogen-bond acceptors (Lipinski definition) is 1. The minimum absolute atomic E-state index is 0.112. The molecule has 0 aliphatic heterocycles. The van der Waals surface area contributed by atoms with Gasteiger partial charge >= 0.3 is 0 Å². The molecule has 1 aromatic heterocycles. The number of anilines is 1. The van der Waals surface area contributed by atoms with Crippen molar-refractivity contribution in [1.29, 1.82) is 5.41 Å². The number of rotatable bonds is 8. The molecule has 5 heteroatoms. The molecule has 0 bridgehead atoms. The lowest BCUT2D eigenvalue weighted by Crippen LogP contribution is -2.28. The summed E-state index contributed by atoms with van der Waals surface area (Å²) >= 11 is 0. The first-order valence-electron chi connectivity index (χ1n) is 26.4. The molecule has 1 heterocycles. The van der Waals surface area contributed by atoms with Crippen LogP contribution in [0.3, 0.4) is 0 Å². The summed E-state index contributed by atoms with van der Waals surface area (Å²) in [4.78, 5) is 10.5. The highest BCUT2D eigenvalue weighted by atomic mass is 15.2. The van der Waals surface area contributed by atoms with Crippen LogP contribution in [-0.2, 0) is 17.3 Å². The summed E-state index contributed by atoms with van der Waals surface area (Å²) in [6.45, 7) is 0. The first-order valence-corrected chi connectivity index (χ1v) is 26.4. The maximum Gasteiger partial charge on any atom is 0.238 e. The van der Waals surface area contributed by atoms with Crippen LogP contribution in [0.2, 0.25) is 0 Å². The summed E-state index contributed by atoms with van der Waals surface area (Å²) < 4.78 is 2.17. The lowest BCUT2D eigenvalue weighted by atomic mass is 9.67. The maximum atomic E-state index is 9.52. The molecule has 3 aliphatic rings. The number of amidine groups is 1. The van der Waals surface area contributed by atoms with E-state index in [1.165, 1.54) is 72.3 Å². The number of nitrogens with zero attached hydrogens (tertiary/aromatic N) is 3. The molecular weight excluding hydrogens is 935 g/mol. The van der Waals surface area contributed by atoms with Gasteiger partial charge in [-0.2, -0.15) is 4.99 Å². The number of aliphatic imine (C=N–C) groups is 2. The van der Waals surface area contributed by atoms with Crippen molar-refractivity contribution < 1.29 is 0 Å². The fraction of sp³-hybridized carbons (Fsp3) is 0.0417.